The molecule has 0 aliphatic carbocycles. The second kappa shape index (κ2) is 7.39. The normalized spacial score (nSPS) is 10.7. The van der Waals surface area contributed by atoms with Crippen molar-refractivity contribution in [2.75, 3.05) is 5.32 Å². The highest BCUT2D eigenvalue weighted by molar-refractivity contribution is 6.07. The van der Waals surface area contributed by atoms with E-state index in [-0.39, 0.29) is 5.56 Å². The first kappa shape index (κ1) is 18.7. The van der Waals surface area contributed by atoms with E-state index in [4.69, 9.17) is 0 Å². The Morgan fingerprint density at radius 3 is 2.30 bits per heavy atom. The van der Waals surface area contributed by atoms with E-state index in [0.717, 1.165) is 23.9 Å². The number of rotatable bonds is 5. The monoisotopic (exact) mass is 404 g/mol. The van der Waals surface area contributed by atoms with Crippen LogP contribution in [-0.2, 0) is 0 Å². The average molecular weight is 404 g/mol. The van der Waals surface area contributed by atoms with Gasteiger partial charge in [-0.15, -0.1) is 10.2 Å². The van der Waals surface area contributed by atoms with E-state index < -0.39 is 27.1 Å². The van der Waals surface area contributed by atoms with E-state index in [1.165, 1.54) is 4.80 Å². The Morgan fingerprint density at radius 2 is 1.60 bits per heavy atom. The number of nitro groups is 2. The van der Waals surface area contributed by atoms with Gasteiger partial charge in [0.05, 0.1) is 21.6 Å². The molecular weight excluding hydrogens is 392 g/mol. The number of anilines is 1. The Labute approximate surface area is 167 Å². The van der Waals surface area contributed by atoms with Crippen molar-refractivity contribution in [1.29, 1.82) is 0 Å². The van der Waals surface area contributed by atoms with Crippen molar-refractivity contribution in [3.8, 4) is 5.69 Å². The highest BCUT2D eigenvalue weighted by Gasteiger charge is 2.24. The number of carbonyl (C=O) groups excluding carboxylic acids is 1. The lowest BCUT2D eigenvalue weighted by atomic mass is 10.1. The van der Waals surface area contributed by atoms with Crippen LogP contribution in [0.25, 0.3) is 16.7 Å². The van der Waals surface area contributed by atoms with E-state index in [2.05, 4.69) is 15.5 Å². The van der Waals surface area contributed by atoms with Gasteiger partial charge in [-0.2, -0.15) is 4.80 Å². The van der Waals surface area contributed by atoms with Gasteiger partial charge in [0.2, 0.25) is 0 Å². The Hall–Kier alpha value is -4.67. The Morgan fingerprint density at radius 1 is 0.867 bits per heavy atom. The zero-order valence-corrected chi connectivity index (χ0v) is 15.1. The highest BCUT2D eigenvalue weighted by atomic mass is 16.6. The van der Waals surface area contributed by atoms with Gasteiger partial charge in [-0.1, -0.05) is 18.2 Å². The van der Waals surface area contributed by atoms with Gasteiger partial charge in [-0.05, 0) is 36.4 Å². The summed E-state index contributed by atoms with van der Waals surface area (Å²) in [5, 5.41) is 33.4. The molecule has 4 rings (SSSR count). The predicted molar refractivity (Wildman–Crippen MR) is 107 cm³/mol. The summed E-state index contributed by atoms with van der Waals surface area (Å²) in [6, 6.07) is 16.9. The first-order valence-electron chi connectivity index (χ1n) is 8.59. The van der Waals surface area contributed by atoms with Crippen molar-refractivity contribution in [1.82, 2.24) is 15.0 Å². The van der Waals surface area contributed by atoms with Crippen molar-refractivity contribution >= 4 is 34.0 Å². The van der Waals surface area contributed by atoms with Crippen LogP contribution in [0, 0.1) is 20.2 Å². The lowest BCUT2D eigenvalue weighted by Crippen LogP contribution is -2.14. The van der Waals surface area contributed by atoms with E-state index >= 15 is 0 Å². The quantitative estimate of drug-likeness (QED) is 0.395. The molecule has 4 aromatic rings. The minimum atomic E-state index is -0.837. The first-order chi connectivity index (χ1) is 14.4. The zero-order valence-electron chi connectivity index (χ0n) is 15.1. The number of nitro benzene ring substituents is 2. The van der Waals surface area contributed by atoms with Crippen molar-refractivity contribution < 1.29 is 14.6 Å². The predicted octanol–water partition coefficient (Wildman–Crippen LogP) is 3.49. The van der Waals surface area contributed by atoms with Crippen LogP contribution in [0.15, 0.2) is 66.7 Å². The van der Waals surface area contributed by atoms with E-state index in [1.807, 2.05) is 30.3 Å². The van der Waals surface area contributed by atoms with Crippen LogP contribution in [0.4, 0.5) is 17.1 Å². The van der Waals surface area contributed by atoms with Gasteiger partial charge in [0.15, 0.2) is 0 Å². The zero-order chi connectivity index (χ0) is 21.3. The second-order valence-electron chi connectivity index (χ2n) is 6.20. The molecule has 1 aromatic heterocycles. The summed E-state index contributed by atoms with van der Waals surface area (Å²) in [6.45, 7) is 0. The topological polar surface area (TPSA) is 146 Å². The molecule has 0 saturated heterocycles. The van der Waals surface area contributed by atoms with Gasteiger partial charge >= 0.3 is 0 Å². The molecule has 30 heavy (non-hydrogen) atoms. The summed E-state index contributed by atoms with van der Waals surface area (Å²) in [6.07, 6.45) is 0. The van der Waals surface area contributed by atoms with Gasteiger partial charge in [0.1, 0.15) is 16.6 Å². The maximum absolute atomic E-state index is 12.6. The van der Waals surface area contributed by atoms with Crippen LogP contribution in [0.1, 0.15) is 10.4 Å². The maximum atomic E-state index is 12.6. The molecule has 1 heterocycles. The lowest BCUT2D eigenvalue weighted by molar-refractivity contribution is -0.394. The highest BCUT2D eigenvalue weighted by Crippen LogP contribution is 2.26. The molecule has 0 atom stereocenters. The van der Waals surface area contributed by atoms with E-state index in [1.54, 1.807) is 18.2 Å². The number of hydrogen-bond acceptors (Lipinski definition) is 7. The van der Waals surface area contributed by atoms with E-state index in [9.17, 15) is 25.0 Å². The van der Waals surface area contributed by atoms with Crippen LogP contribution < -0.4 is 5.32 Å². The van der Waals surface area contributed by atoms with Crippen molar-refractivity contribution in [3.63, 3.8) is 0 Å². The van der Waals surface area contributed by atoms with Gasteiger partial charge in [0, 0.05) is 11.8 Å². The molecule has 0 spiro atoms. The van der Waals surface area contributed by atoms with Crippen LogP contribution in [0.2, 0.25) is 0 Å². The molecule has 0 unspecified atom stereocenters. The number of non-ortho nitro benzene ring substituents is 1. The summed E-state index contributed by atoms with van der Waals surface area (Å²) < 4.78 is 0. The Kier molecular flexibility index (Phi) is 4.60. The average Bonchev–Trinajstić information content (AvgIpc) is 3.17. The van der Waals surface area contributed by atoms with Gasteiger partial charge in [-0.25, -0.2) is 0 Å². The van der Waals surface area contributed by atoms with Crippen molar-refractivity contribution in [3.05, 3.63) is 92.5 Å². The molecule has 0 aliphatic rings. The standard InChI is InChI=1S/C19H12N6O5/c26-19(15-8-7-14(24(27)28)11-18(15)25(29)30)20-12-6-9-16-17(10-12)22-23(21-16)13-4-2-1-3-5-13/h1-11H,(H,20,26). The molecular formula is C19H12N6O5. The van der Waals surface area contributed by atoms with Gasteiger partial charge < -0.3 is 5.32 Å². The third-order valence-corrected chi connectivity index (χ3v) is 4.26. The molecule has 0 bridgehead atoms. The molecule has 11 nitrogen and oxygen atoms in total. The third-order valence-electron chi connectivity index (χ3n) is 4.26. The molecule has 11 heteroatoms. The van der Waals surface area contributed by atoms with Gasteiger partial charge in [0.25, 0.3) is 17.3 Å². The fourth-order valence-corrected chi connectivity index (χ4v) is 2.84. The van der Waals surface area contributed by atoms with Gasteiger partial charge in [-0.3, -0.25) is 25.0 Å². The molecule has 0 radical (unpaired) electrons. The number of aromatic nitrogens is 3. The number of carbonyl (C=O) groups is 1. The molecule has 1 N–H and O–H groups in total. The summed E-state index contributed by atoms with van der Waals surface area (Å²) in [5.74, 6) is -0.772. The number of fused-ring (bicyclic) bond motifs is 1. The first-order valence-corrected chi connectivity index (χ1v) is 8.59. The minimum Gasteiger partial charge on any atom is -0.322 e. The Bertz CT molecular complexity index is 1300. The molecule has 1 amide bonds. The number of nitrogens with zero attached hydrogens (tertiary/aromatic N) is 5. The van der Waals surface area contributed by atoms with E-state index in [0.29, 0.717) is 16.7 Å². The number of benzene rings is 3. The maximum Gasteiger partial charge on any atom is 0.289 e. The largest absolute Gasteiger partial charge is 0.322 e. The van der Waals surface area contributed by atoms with Crippen LogP contribution in [0.3, 0.4) is 0 Å². The minimum absolute atomic E-state index is 0.293. The van der Waals surface area contributed by atoms with Crippen molar-refractivity contribution in [2.45, 2.75) is 0 Å². The fraction of sp³-hybridized carbons (Fsp3) is 0. The van der Waals surface area contributed by atoms with Crippen LogP contribution >= 0.6 is 0 Å². The smallest absolute Gasteiger partial charge is 0.289 e. The summed E-state index contributed by atoms with van der Waals surface area (Å²) >= 11 is 0. The molecule has 0 saturated carbocycles. The molecule has 148 valence electrons. The molecule has 0 aliphatic heterocycles. The molecule has 0 fully saturated rings. The van der Waals surface area contributed by atoms with Crippen LogP contribution in [0.5, 0.6) is 0 Å². The summed E-state index contributed by atoms with van der Waals surface area (Å²) in [5.41, 5.74) is 0.794. The van der Waals surface area contributed by atoms with Crippen LogP contribution in [-0.4, -0.2) is 30.7 Å². The number of nitrogens with one attached hydrogen (secondary N) is 1. The Balaban J connectivity index is 1.63. The SMILES string of the molecule is O=C(Nc1ccc2nn(-c3ccccc3)nc2c1)c1ccc([N+](=O)[O-])cc1[N+](=O)[O-]. The number of para-hydroxylation sites is 1. The molecule has 3 aromatic carbocycles. The number of amides is 1. The summed E-state index contributed by atoms with van der Waals surface area (Å²) in [4.78, 5) is 34.5. The third kappa shape index (κ3) is 3.54. The van der Waals surface area contributed by atoms with Crippen molar-refractivity contribution in [2.24, 2.45) is 0 Å². The summed E-state index contributed by atoms with van der Waals surface area (Å²) in [7, 11) is 0. The number of hydrogen-bond donors (Lipinski definition) is 1. The fourth-order valence-electron chi connectivity index (χ4n) is 2.84. The second-order valence-corrected chi connectivity index (χ2v) is 6.20. The lowest BCUT2D eigenvalue weighted by Gasteiger charge is -2.05.